The van der Waals surface area contributed by atoms with Crippen LogP contribution in [0, 0.1) is 6.92 Å². The molecule has 0 atom stereocenters. The van der Waals surface area contributed by atoms with Crippen LogP contribution in [0.3, 0.4) is 0 Å². The van der Waals surface area contributed by atoms with Gasteiger partial charge in [0.1, 0.15) is 16.9 Å². The van der Waals surface area contributed by atoms with Crippen LogP contribution in [-0.2, 0) is 12.0 Å². The van der Waals surface area contributed by atoms with Gasteiger partial charge < -0.3 is 0 Å². The van der Waals surface area contributed by atoms with Crippen LogP contribution >= 0.6 is 11.6 Å². The lowest BCUT2D eigenvalue weighted by atomic mass is 10.2. The van der Waals surface area contributed by atoms with E-state index in [1.807, 2.05) is 6.92 Å². The van der Waals surface area contributed by atoms with E-state index in [-0.39, 0.29) is 18.7 Å². The lowest BCUT2D eigenvalue weighted by molar-refractivity contribution is -0.179. The third-order valence-electron chi connectivity index (χ3n) is 3.70. The molecule has 0 amide bonds. The molecule has 0 aromatic carbocycles. The topological polar surface area (TPSA) is 30.7 Å². The quantitative estimate of drug-likeness (QED) is 0.812. The molecule has 0 N–H and O–H groups in total. The molecule has 0 spiro atoms. The summed E-state index contributed by atoms with van der Waals surface area (Å²) >= 11 is 5.70. The molecule has 20 heavy (non-hydrogen) atoms. The van der Waals surface area contributed by atoms with Gasteiger partial charge in [-0.2, -0.15) is 13.2 Å². The van der Waals surface area contributed by atoms with Crippen LogP contribution in [0.1, 0.15) is 24.2 Å². The summed E-state index contributed by atoms with van der Waals surface area (Å²) in [6.07, 6.45) is -2.28. The molecule has 7 heteroatoms. The van der Waals surface area contributed by atoms with Crippen molar-refractivity contribution >= 4 is 22.8 Å². The van der Waals surface area contributed by atoms with Crippen molar-refractivity contribution in [2.24, 2.45) is 0 Å². The van der Waals surface area contributed by atoms with E-state index in [1.165, 1.54) is 4.57 Å². The van der Waals surface area contributed by atoms with Crippen LogP contribution in [0.4, 0.5) is 13.2 Å². The van der Waals surface area contributed by atoms with Crippen LogP contribution in [0.15, 0.2) is 12.3 Å². The summed E-state index contributed by atoms with van der Waals surface area (Å²) in [6.45, 7) is 1.84. The van der Waals surface area contributed by atoms with Gasteiger partial charge in [0, 0.05) is 18.5 Å². The highest BCUT2D eigenvalue weighted by Crippen LogP contribution is 2.56. The first kappa shape index (κ1) is 13.7. The Morgan fingerprint density at radius 2 is 2.10 bits per heavy atom. The predicted octanol–water partition coefficient (Wildman–Crippen LogP) is 3.57. The standard InChI is InChI=1S/C13H13ClF3N3/c1-8-6-9-11(18-7-8)20(10(19-9)2-5-14)12(3-4-12)13(15,16)17/h6-7H,2-5H2,1H3. The molecule has 1 saturated carbocycles. The summed E-state index contributed by atoms with van der Waals surface area (Å²) < 4.78 is 41.4. The molecule has 2 heterocycles. The monoisotopic (exact) mass is 303 g/mol. The Morgan fingerprint density at radius 1 is 1.40 bits per heavy atom. The maximum atomic E-state index is 13.4. The predicted molar refractivity (Wildman–Crippen MR) is 70.0 cm³/mol. The number of imidazole rings is 1. The highest BCUT2D eigenvalue weighted by Gasteiger charge is 2.66. The first-order valence-corrected chi connectivity index (χ1v) is 6.90. The Kier molecular flexibility index (Phi) is 2.97. The molecular weight excluding hydrogens is 291 g/mol. The van der Waals surface area contributed by atoms with Crippen molar-refractivity contribution in [3.05, 3.63) is 23.7 Å². The van der Waals surface area contributed by atoms with E-state index in [0.29, 0.717) is 23.4 Å². The van der Waals surface area contributed by atoms with E-state index >= 15 is 0 Å². The second kappa shape index (κ2) is 4.35. The minimum Gasteiger partial charge on any atom is -0.297 e. The van der Waals surface area contributed by atoms with Gasteiger partial charge in [-0.3, -0.25) is 4.57 Å². The summed E-state index contributed by atoms with van der Waals surface area (Å²) in [4.78, 5) is 8.46. The Hall–Kier alpha value is -1.30. The van der Waals surface area contributed by atoms with Crippen molar-refractivity contribution in [3.8, 4) is 0 Å². The lowest BCUT2D eigenvalue weighted by Crippen LogP contribution is -2.36. The van der Waals surface area contributed by atoms with Crippen LogP contribution in [0.25, 0.3) is 11.2 Å². The molecular formula is C13H13ClF3N3. The van der Waals surface area contributed by atoms with Crippen LogP contribution in [-0.4, -0.2) is 26.6 Å². The normalized spacial score (nSPS) is 17.6. The van der Waals surface area contributed by atoms with Crippen LogP contribution in [0.2, 0.25) is 0 Å². The second-order valence-electron chi connectivity index (χ2n) is 5.19. The van der Waals surface area contributed by atoms with Crippen LogP contribution < -0.4 is 0 Å². The van der Waals surface area contributed by atoms with Gasteiger partial charge in [-0.15, -0.1) is 11.6 Å². The van der Waals surface area contributed by atoms with Gasteiger partial charge in [-0.25, -0.2) is 9.97 Å². The zero-order valence-electron chi connectivity index (χ0n) is 10.8. The Bertz CT molecular complexity index is 659. The average Bonchev–Trinajstić information content (AvgIpc) is 3.07. The van der Waals surface area contributed by atoms with Crippen molar-refractivity contribution in [2.75, 3.05) is 5.88 Å². The molecule has 0 unspecified atom stereocenters. The third-order valence-corrected chi connectivity index (χ3v) is 3.89. The molecule has 1 aliphatic rings. The van der Waals surface area contributed by atoms with Gasteiger partial charge in [0.05, 0.1) is 0 Å². The average molecular weight is 304 g/mol. The van der Waals surface area contributed by atoms with Gasteiger partial charge >= 0.3 is 6.18 Å². The molecule has 1 aliphatic carbocycles. The molecule has 3 nitrogen and oxygen atoms in total. The van der Waals surface area contributed by atoms with Gasteiger partial charge in [0.2, 0.25) is 0 Å². The van der Waals surface area contributed by atoms with Crippen molar-refractivity contribution in [1.82, 2.24) is 14.5 Å². The number of nitrogens with zero attached hydrogens (tertiary/aromatic N) is 3. The summed E-state index contributed by atoms with van der Waals surface area (Å²) in [5.41, 5.74) is -0.173. The van der Waals surface area contributed by atoms with E-state index < -0.39 is 11.7 Å². The maximum Gasteiger partial charge on any atom is 0.412 e. The van der Waals surface area contributed by atoms with Crippen molar-refractivity contribution < 1.29 is 13.2 Å². The number of alkyl halides is 4. The SMILES string of the molecule is Cc1cnc2c(c1)nc(CCCl)n2C1(C(F)(F)F)CC1. The fourth-order valence-corrected chi connectivity index (χ4v) is 2.74. The van der Waals surface area contributed by atoms with E-state index in [0.717, 1.165) is 5.56 Å². The minimum absolute atomic E-state index is 0.0762. The molecule has 0 aliphatic heterocycles. The highest BCUT2D eigenvalue weighted by atomic mass is 35.5. The second-order valence-corrected chi connectivity index (χ2v) is 5.57. The summed E-state index contributed by atoms with van der Waals surface area (Å²) in [7, 11) is 0. The van der Waals surface area contributed by atoms with E-state index in [9.17, 15) is 13.2 Å². The molecule has 2 aromatic heterocycles. The number of halogens is 4. The highest BCUT2D eigenvalue weighted by molar-refractivity contribution is 6.17. The minimum atomic E-state index is -4.30. The largest absolute Gasteiger partial charge is 0.412 e. The summed E-state index contributed by atoms with van der Waals surface area (Å²) in [5.74, 6) is 0.596. The zero-order valence-corrected chi connectivity index (χ0v) is 11.6. The smallest absolute Gasteiger partial charge is 0.297 e. The maximum absolute atomic E-state index is 13.4. The fourth-order valence-electron chi connectivity index (χ4n) is 2.57. The van der Waals surface area contributed by atoms with E-state index in [1.54, 1.807) is 12.3 Å². The third kappa shape index (κ3) is 1.89. The number of pyridine rings is 1. The molecule has 0 bridgehead atoms. The van der Waals surface area contributed by atoms with Crippen molar-refractivity contribution in [1.29, 1.82) is 0 Å². The van der Waals surface area contributed by atoms with E-state index in [2.05, 4.69) is 9.97 Å². The molecule has 108 valence electrons. The molecule has 0 saturated heterocycles. The molecule has 3 rings (SSSR count). The van der Waals surface area contributed by atoms with Gasteiger partial charge in [0.15, 0.2) is 5.65 Å². The first-order chi connectivity index (χ1) is 9.39. The number of hydrogen-bond acceptors (Lipinski definition) is 2. The van der Waals surface area contributed by atoms with Gasteiger partial charge in [-0.05, 0) is 31.4 Å². The van der Waals surface area contributed by atoms with Crippen molar-refractivity contribution in [2.45, 2.75) is 37.9 Å². The Labute approximate surface area is 118 Å². The molecule has 2 aromatic rings. The van der Waals surface area contributed by atoms with Crippen molar-refractivity contribution in [3.63, 3.8) is 0 Å². The fraction of sp³-hybridized carbons (Fsp3) is 0.538. The Balaban J connectivity index is 2.25. The summed E-state index contributed by atoms with van der Waals surface area (Å²) in [5, 5.41) is 0. The number of aromatic nitrogens is 3. The molecule has 1 fully saturated rings. The number of rotatable bonds is 3. The summed E-state index contributed by atoms with van der Waals surface area (Å²) in [6, 6.07) is 1.75. The first-order valence-electron chi connectivity index (χ1n) is 6.36. The van der Waals surface area contributed by atoms with Gasteiger partial charge in [0.25, 0.3) is 0 Å². The van der Waals surface area contributed by atoms with Crippen LogP contribution in [0.5, 0.6) is 0 Å². The lowest BCUT2D eigenvalue weighted by Gasteiger charge is -2.23. The number of aryl methyl sites for hydroxylation is 2. The molecule has 0 radical (unpaired) electrons. The number of fused-ring (bicyclic) bond motifs is 1. The zero-order chi connectivity index (χ0) is 14.5. The van der Waals surface area contributed by atoms with Gasteiger partial charge in [-0.1, -0.05) is 0 Å². The Morgan fingerprint density at radius 3 is 2.65 bits per heavy atom. The number of hydrogen-bond donors (Lipinski definition) is 0. The van der Waals surface area contributed by atoms with E-state index in [4.69, 9.17) is 11.6 Å².